The van der Waals surface area contributed by atoms with Crippen molar-refractivity contribution < 1.29 is 24.0 Å². The first-order valence-corrected chi connectivity index (χ1v) is 25.1. The van der Waals surface area contributed by atoms with Crippen LogP contribution in [0.1, 0.15) is 39.6 Å². The second-order valence-electron chi connectivity index (χ2n) is 16.4. The van der Waals surface area contributed by atoms with Crippen molar-refractivity contribution in [3.8, 4) is 0 Å². The quantitative estimate of drug-likeness (QED) is 0.0202. The number of carbonyl (C=O) groups is 3. The Labute approximate surface area is 417 Å². The Morgan fingerprint density at radius 3 is 2.00 bits per heavy atom. The van der Waals surface area contributed by atoms with Gasteiger partial charge in [-0.05, 0) is 69.4 Å². The number of oxime groups is 1. The Kier molecular flexibility index (Phi) is 14.9. The molecule has 18 heteroatoms. The molecule has 2 aliphatic rings. The third-order valence-electron chi connectivity index (χ3n) is 11.7. The number of carbonyl (C=O) groups excluding carboxylic acids is 3. The van der Waals surface area contributed by atoms with Crippen molar-refractivity contribution in [2.45, 2.75) is 34.8 Å². The fraction of sp³-hybridized carbons (Fsp3) is 0.192. The zero-order chi connectivity index (χ0) is 48.5. The molecule has 1 fully saturated rings. The van der Waals surface area contributed by atoms with Crippen LogP contribution in [0.2, 0.25) is 0 Å². The van der Waals surface area contributed by atoms with E-state index in [0.717, 1.165) is 34.4 Å². The molecule has 2 aliphatic heterocycles. The van der Waals surface area contributed by atoms with E-state index in [1.807, 2.05) is 134 Å². The summed E-state index contributed by atoms with van der Waals surface area (Å²) in [6, 6.07) is 48.2. The predicted octanol–water partition coefficient (Wildman–Crippen LogP) is 7.74. The number of esters is 1. The number of hydrogen-bond acceptors (Lipinski definition) is 15. The lowest BCUT2D eigenvalue weighted by Gasteiger charge is -2.49. The summed E-state index contributed by atoms with van der Waals surface area (Å²) in [5, 5.41) is 26.9. The van der Waals surface area contributed by atoms with Crippen LogP contribution in [0.15, 0.2) is 190 Å². The van der Waals surface area contributed by atoms with E-state index in [1.165, 1.54) is 46.9 Å². The third-order valence-corrected chi connectivity index (χ3v) is 14.5. The Morgan fingerprint density at radius 2 is 1.44 bits per heavy atom. The number of thiazole rings is 1. The number of likely N-dealkylation sites (N-methyl/N-ethyl adjacent to an activating group) is 1. The summed E-state index contributed by atoms with van der Waals surface area (Å²) in [7, 11) is 5.29. The number of benzene rings is 5. The Bertz CT molecular complexity index is 2870. The number of thioether (sulfide) groups is 2. The number of allylic oxidation sites excluding steroid dienone is 1. The maximum absolute atomic E-state index is 14.7. The van der Waals surface area contributed by atoms with Gasteiger partial charge >= 0.3 is 5.97 Å². The van der Waals surface area contributed by atoms with Crippen LogP contribution in [-0.4, -0.2) is 103 Å². The minimum absolute atomic E-state index is 0.0832. The highest BCUT2D eigenvalue weighted by Crippen LogP contribution is 2.43. The smallest absolute Gasteiger partial charge is 0.356 e. The molecule has 354 valence electrons. The van der Waals surface area contributed by atoms with Crippen molar-refractivity contribution in [3.63, 3.8) is 0 Å². The third kappa shape index (κ3) is 10.2. The molecule has 0 saturated carbocycles. The second kappa shape index (κ2) is 21.9. The van der Waals surface area contributed by atoms with Crippen LogP contribution in [0.3, 0.4) is 0 Å². The maximum Gasteiger partial charge on any atom is 0.356 e. The van der Waals surface area contributed by atoms with Gasteiger partial charge in [-0.15, -0.1) is 28.2 Å². The first-order chi connectivity index (χ1) is 34.2. The lowest BCUT2D eigenvalue weighted by atomic mass is 9.77. The number of ether oxygens (including phenoxy) is 1. The van der Waals surface area contributed by atoms with Gasteiger partial charge in [-0.2, -0.15) is 0 Å². The number of hydrogen-bond donors (Lipinski definition) is 2. The van der Waals surface area contributed by atoms with Crippen molar-refractivity contribution in [1.82, 2.24) is 40.3 Å². The van der Waals surface area contributed by atoms with Gasteiger partial charge in [0.25, 0.3) is 11.8 Å². The fourth-order valence-electron chi connectivity index (χ4n) is 8.29. The molecule has 0 bridgehead atoms. The molecule has 9 rings (SSSR count). The normalized spacial score (nSPS) is 16.0. The molecule has 2 N–H and O–H groups in total. The van der Waals surface area contributed by atoms with Gasteiger partial charge in [-0.1, -0.05) is 169 Å². The molecule has 5 aromatic carbocycles. The zero-order valence-corrected chi connectivity index (χ0v) is 40.8. The van der Waals surface area contributed by atoms with Crippen LogP contribution in [0.25, 0.3) is 0 Å². The fourth-order valence-corrected chi connectivity index (χ4v) is 11.0. The first-order valence-electron chi connectivity index (χ1n) is 22.3. The minimum atomic E-state index is -1.01. The van der Waals surface area contributed by atoms with Gasteiger partial charge in [0.2, 0.25) is 5.16 Å². The van der Waals surface area contributed by atoms with E-state index in [0.29, 0.717) is 28.2 Å². The molecule has 0 radical (unpaired) electrons. The largest absolute Gasteiger partial charge is 0.448 e. The van der Waals surface area contributed by atoms with E-state index in [-0.39, 0.29) is 17.1 Å². The Hall–Kier alpha value is -7.38. The van der Waals surface area contributed by atoms with Crippen LogP contribution in [0.5, 0.6) is 0 Å². The van der Waals surface area contributed by atoms with E-state index in [9.17, 15) is 14.4 Å². The standard InChI is InChI=1S/C52H48N10O5S3/c1-60(2)30-31-61-51(56-58-59-61)68-32-29-37-33-69-48-43(47(64)62(48)44(37)49(65)67-45(35-19-9-4-10-20-35)36-21-11-5-12-22-36)54-46(63)42(57-66-3)41-34-70-50(53-41)55-52(38-23-13-6-14-24-38,39-25-15-7-16-26-39)40-27-17-8-18-28-40/h4-29,32,34,43,45,48H,30-31,33H2,1-3H3,(H,53,55)(H,54,63)/b32-29+,57-42+. The van der Waals surface area contributed by atoms with Crippen LogP contribution in [0.4, 0.5) is 5.13 Å². The summed E-state index contributed by atoms with van der Waals surface area (Å²) >= 11 is 4.01. The predicted molar refractivity (Wildman–Crippen MR) is 273 cm³/mol. The number of nitrogens with zero attached hydrogens (tertiary/aromatic N) is 8. The number of aromatic nitrogens is 5. The lowest BCUT2D eigenvalue weighted by Crippen LogP contribution is -2.71. The average Bonchev–Trinajstić information content (AvgIpc) is 4.07. The van der Waals surface area contributed by atoms with Crippen LogP contribution in [0, 0.1) is 0 Å². The molecule has 70 heavy (non-hydrogen) atoms. The van der Waals surface area contributed by atoms with E-state index < -0.39 is 40.8 Å². The summed E-state index contributed by atoms with van der Waals surface area (Å²) in [4.78, 5) is 57.0. The van der Waals surface area contributed by atoms with Gasteiger partial charge in [-0.3, -0.25) is 14.5 Å². The zero-order valence-electron chi connectivity index (χ0n) is 38.4. The average molecular weight is 989 g/mol. The van der Waals surface area contributed by atoms with Crippen molar-refractivity contribution >= 4 is 63.5 Å². The molecule has 1 saturated heterocycles. The van der Waals surface area contributed by atoms with Crippen LogP contribution >= 0.6 is 34.9 Å². The number of β-lactam (4-membered cyclic amide) rings is 1. The summed E-state index contributed by atoms with van der Waals surface area (Å²) in [6.07, 6.45) is 1.01. The molecular formula is C52H48N10O5S3. The molecule has 4 heterocycles. The van der Waals surface area contributed by atoms with Gasteiger partial charge in [0.05, 0.1) is 6.54 Å². The molecule has 2 amide bonds. The summed E-state index contributed by atoms with van der Waals surface area (Å²) in [5.41, 5.74) is 4.35. The van der Waals surface area contributed by atoms with Crippen molar-refractivity contribution in [2.75, 3.05) is 38.8 Å². The van der Waals surface area contributed by atoms with E-state index in [2.05, 4.69) is 67.7 Å². The molecular weight excluding hydrogens is 941 g/mol. The van der Waals surface area contributed by atoms with Crippen molar-refractivity contribution in [3.05, 3.63) is 213 Å². The number of anilines is 1. The molecule has 15 nitrogen and oxygen atoms in total. The number of fused-ring (bicyclic) bond motifs is 1. The highest BCUT2D eigenvalue weighted by molar-refractivity contribution is 8.02. The molecule has 0 spiro atoms. The Balaban J connectivity index is 0.985. The van der Waals surface area contributed by atoms with Gasteiger partial charge < -0.3 is 25.1 Å². The summed E-state index contributed by atoms with van der Waals surface area (Å²) in [5.74, 6) is -1.53. The van der Waals surface area contributed by atoms with Crippen molar-refractivity contribution in [2.24, 2.45) is 5.16 Å². The lowest BCUT2D eigenvalue weighted by molar-refractivity contribution is -0.154. The van der Waals surface area contributed by atoms with E-state index in [1.54, 1.807) is 21.5 Å². The molecule has 2 aromatic heterocycles. The molecule has 2 unspecified atom stereocenters. The highest BCUT2D eigenvalue weighted by atomic mass is 32.2. The van der Waals surface area contributed by atoms with Gasteiger partial charge in [0.1, 0.15) is 35.5 Å². The monoisotopic (exact) mass is 988 g/mol. The van der Waals surface area contributed by atoms with Gasteiger partial charge in [0.15, 0.2) is 16.9 Å². The number of amides is 2. The summed E-state index contributed by atoms with van der Waals surface area (Å²) in [6.45, 7) is 1.32. The van der Waals surface area contributed by atoms with Gasteiger partial charge in [-0.25, -0.2) is 14.5 Å². The van der Waals surface area contributed by atoms with Gasteiger partial charge in [0, 0.05) is 17.7 Å². The van der Waals surface area contributed by atoms with Crippen LogP contribution < -0.4 is 10.6 Å². The minimum Gasteiger partial charge on any atom is -0.448 e. The SMILES string of the molecule is CO/N=C(/C(=O)NC1C(=O)N2C(C(=O)OC(c3ccccc3)c3ccccc3)=C(/C=C/Sc3nnnn3CCN(C)C)CSC12)c1csc(NC(c2ccccc2)(c2ccccc2)c2ccccc2)n1. The van der Waals surface area contributed by atoms with Crippen LogP contribution in [-0.2, 0) is 36.0 Å². The number of tetrazole rings is 1. The first kappa shape index (κ1) is 47.7. The molecule has 7 aromatic rings. The second-order valence-corrected chi connectivity index (χ2v) is 19.2. The number of rotatable bonds is 19. The molecule has 2 atom stereocenters. The number of nitrogens with one attached hydrogen (secondary N) is 2. The van der Waals surface area contributed by atoms with E-state index >= 15 is 0 Å². The Morgan fingerprint density at radius 1 is 0.871 bits per heavy atom. The topological polar surface area (TPSA) is 169 Å². The van der Waals surface area contributed by atoms with Crippen molar-refractivity contribution in [1.29, 1.82) is 0 Å². The maximum atomic E-state index is 14.7. The molecule has 0 aliphatic carbocycles. The summed E-state index contributed by atoms with van der Waals surface area (Å²) < 4.78 is 8.07. The van der Waals surface area contributed by atoms with E-state index in [4.69, 9.17) is 14.6 Å². The highest BCUT2D eigenvalue weighted by Gasteiger charge is 2.55.